The van der Waals surface area contributed by atoms with E-state index in [1.807, 2.05) is 31.8 Å². The fraction of sp³-hybridized carbons (Fsp3) is 0.286. The molecule has 0 aliphatic heterocycles. The van der Waals surface area contributed by atoms with Crippen LogP contribution in [0.3, 0.4) is 0 Å². The van der Waals surface area contributed by atoms with Crippen molar-refractivity contribution in [1.29, 1.82) is 0 Å². The minimum atomic E-state index is 0.148. The van der Waals surface area contributed by atoms with Gasteiger partial charge in [-0.25, -0.2) is 0 Å². The van der Waals surface area contributed by atoms with Gasteiger partial charge in [0.25, 0.3) is 0 Å². The van der Waals surface area contributed by atoms with Crippen molar-refractivity contribution in [3.63, 3.8) is 0 Å². The number of hydrogen-bond acceptors (Lipinski definition) is 3. The molecule has 0 fully saturated rings. The Labute approximate surface area is 102 Å². The molecule has 0 saturated heterocycles. The summed E-state index contributed by atoms with van der Waals surface area (Å²) < 4.78 is 0. The lowest BCUT2D eigenvalue weighted by atomic mass is 10.00. The average molecular weight is 227 g/mol. The van der Waals surface area contributed by atoms with Crippen LogP contribution in [0.15, 0.2) is 36.9 Å². The van der Waals surface area contributed by atoms with E-state index in [4.69, 9.17) is 0 Å². The van der Waals surface area contributed by atoms with Crippen LogP contribution in [-0.2, 0) is 0 Å². The molecule has 0 spiro atoms. The van der Waals surface area contributed by atoms with Gasteiger partial charge in [-0.3, -0.25) is 9.97 Å². The zero-order valence-electron chi connectivity index (χ0n) is 10.4. The first kappa shape index (κ1) is 11.7. The Morgan fingerprint density at radius 2 is 1.35 bits per heavy atom. The molecule has 17 heavy (non-hydrogen) atoms. The predicted octanol–water partition coefficient (Wildman–Crippen LogP) is 2.40. The van der Waals surface area contributed by atoms with Gasteiger partial charge in [0.2, 0.25) is 0 Å². The second-order valence-electron chi connectivity index (χ2n) is 4.31. The summed E-state index contributed by atoms with van der Waals surface area (Å²) in [5, 5.41) is 3.31. The number of aromatic nitrogens is 2. The number of aryl methyl sites for hydroxylation is 2. The summed E-state index contributed by atoms with van der Waals surface area (Å²) in [6.45, 7) is 4.11. The molecule has 0 aliphatic rings. The molecule has 88 valence electrons. The number of hydrogen-bond donors (Lipinski definition) is 1. The van der Waals surface area contributed by atoms with Gasteiger partial charge in [0.15, 0.2) is 0 Å². The zero-order valence-corrected chi connectivity index (χ0v) is 10.4. The monoisotopic (exact) mass is 227 g/mol. The van der Waals surface area contributed by atoms with Gasteiger partial charge in [0, 0.05) is 24.8 Å². The third-order valence-corrected chi connectivity index (χ3v) is 2.75. The van der Waals surface area contributed by atoms with Crippen molar-refractivity contribution in [2.24, 2.45) is 0 Å². The molecule has 0 saturated carbocycles. The minimum Gasteiger partial charge on any atom is -0.309 e. The summed E-state index contributed by atoms with van der Waals surface area (Å²) in [7, 11) is 1.95. The van der Waals surface area contributed by atoms with E-state index in [1.54, 1.807) is 0 Å². The number of nitrogens with zero attached hydrogens (tertiary/aromatic N) is 2. The van der Waals surface area contributed by atoms with Crippen LogP contribution in [0.1, 0.15) is 28.3 Å². The lowest BCUT2D eigenvalue weighted by Gasteiger charge is -2.17. The van der Waals surface area contributed by atoms with E-state index in [0.717, 1.165) is 0 Å². The van der Waals surface area contributed by atoms with E-state index >= 15 is 0 Å². The van der Waals surface area contributed by atoms with E-state index in [0.29, 0.717) is 0 Å². The van der Waals surface area contributed by atoms with Gasteiger partial charge in [-0.2, -0.15) is 0 Å². The fourth-order valence-corrected chi connectivity index (χ4v) is 2.00. The highest BCUT2D eigenvalue weighted by Gasteiger charge is 2.12. The summed E-state index contributed by atoms with van der Waals surface area (Å²) in [5.41, 5.74) is 4.67. The fourth-order valence-electron chi connectivity index (χ4n) is 2.00. The van der Waals surface area contributed by atoms with Crippen LogP contribution >= 0.6 is 0 Å². The molecule has 0 atom stereocenters. The topological polar surface area (TPSA) is 37.8 Å². The Hall–Kier alpha value is -1.74. The highest BCUT2D eigenvalue weighted by molar-refractivity contribution is 5.31. The predicted molar refractivity (Wildman–Crippen MR) is 68.9 cm³/mol. The van der Waals surface area contributed by atoms with Gasteiger partial charge < -0.3 is 5.32 Å². The quantitative estimate of drug-likeness (QED) is 0.875. The summed E-state index contributed by atoms with van der Waals surface area (Å²) >= 11 is 0. The van der Waals surface area contributed by atoms with Crippen molar-refractivity contribution < 1.29 is 0 Å². The Balaban J connectivity index is 2.40. The minimum absolute atomic E-state index is 0.148. The van der Waals surface area contributed by atoms with Crippen molar-refractivity contribution in [2.45, 2.75) is 19.9 Å². The second kappa shape index (κ2) is 5.06. The normalized spacial score (nSPS) is 10.8. The van der Waals surface area contributed by atoms with Crippen LogP contribution in [0.25, 0.3) is 0 Å². The summed E-state index contributed by atoms with van der Waals surface area (Å²) in [6, 6.07) is 4.45. The van der Waals surface area contributed by atoms with Crippen LogP contribution in [0.2, 0.25) is 0 Å². The summed E-state index contributed by atoms with van der Waals surface area (Å²) in [6.07, 6.45) is 7.53. The smallest absolute Gasteiger partial charge is 0.0604 e. The first-order valence-electron chi connectivity index (χ1n) is 5.71. The molecule has 2 heterocycles. The summed E-state index contributed by atoms with van der Waals surface area (Å²) in [4.78, 5) is 8.48. The van der Waals surface area contributed by atoms with E-state index in [-0.39, 0.29) is 6.04 Å². The first-order valence-corrected chi connectivity index (χ1v) is 5.71. The first-order chi connectivity index (χ1) is 8.20. The molecule has 0 aliphatic carbocycles. The molecular weight excluding hydrogens is 210 g/mol. The van der Waals surface area contributed by atoms with Crippen LogP contribution < -0.4 is 5.32 Å². The average Bonchev–Trinajstić information content (AvgIpc) is 2.30. The van der Waals surface area contributed by atoms with E-state index in [1.165, 1.54) is 22.3 Å². The third-order valence-electron chi connectivity index (χ3n) is 2.75. The molecule has 2 aromatic heterocycles. The van der Waals surface area contributed by atoms with Crippen LogP contribution in [-0.4, -0.2) is 17.0 Å². The number of rotatable bonds is 3. The van der Waals surface area contributed by atoms with Gasteiger partial charge in [-0.05, 0) is 43.1 Å². The van der Waals surface area contributed by atoms with Crippen molar-refractivity contribution in [3.05, 3.63) is 59.2 Å². The largest absolute Gasteiger partial charge is 0.309 e. The number of pyridine rings is 2. The van der Waals surface area contributed by atoms with Crippen LogP contribution in [0.4, 0.5) is 0 Å². The number of nitrogens with one attached hydrogen (secondary N) is 1. The SMILES string of the molecule is CNC(c1cncc(C)c1)c1cncc(C)c1. The van der Waals surface area contributed by atoms with E-state index < -0.39 is 0 Å². The Morgan fingerprint density at radius 3 is 1.71 bits per heavy atom. The maximum Gasteiger partial charge on any atom is 0.0604 e. The van der Waals surface area contributed by atoms with Crippen molar-refractivity contribution in [2.75, 3.05) is 7.05 Å². The van der Waals surface area contributed by atoms with Gasteiger partial charge in [-0.15, -0.1) is 0 Å². The molecule has 2 rings (SSSR count). The molecule has 0 amide bonds. The highest BCUT2D eigenvalue weighted by atomic mass is 14.9. The maximum absolute atomic E-state index is 4.24. The summed E-state index contributed by atoms with van der Waals surface area (Å²) in [5.74, 6) is 0. The molecule has 2 aromatic rings. The molecule has 0 unspecified atom stereocenters. The van der Waals surface area contributed by atoms with Crippen molar-refractivity contribution in [3.8, 4) is 0 Å². The van der Waals surface area contributed by atoms with Gasteiger partial charge >= 0.3 is 0 Å². The van der Waals surface area contributed by atoms with Gasteiger partial charge in [-0.1, -0.05) is 12.1 Å². The van der Waals surface area contributed by atoms with Crippen LogP contribution in [0.5, 0.6) is 0 Å². The van der Waals surface area contributed by atoms with Gasteiger partial charge in [0.1, 0.15) is 0 Å². The molecule has 3 nitrogen and oxygen atoms in total. The van der Waals surface area contributed by atoms with Crippen LogP contribution in [0, 0.1) is 13.8 Å². The highest BCUT2D eigenvalue weighted by Crippen LogP contribution is 2.21. The lowest BCUT2D eigenvalue weighted by molar-refractivity contribution is 0.684. The Morgan fingerprint density at radius 1 is 0.882 bits per heavy atom. The Kier molecular flexibility index (Phi) is 3.49. The molecule has 0 radical (unpaired) electrons. The maximum atomic E-state index is 4.24. The van der Waals surface area contributed by atoms with E-state index in [9.17, 15) is 0 Å². The zero-order chi connectivity index (χ0) is 12.3. The molecule has 0 aromatic carbocycles. The molecule has 1 N–H and O–H groups in total. The van der Waals surface area contributed by atoms with Crippen molar-refractivity contribution in [1.82, 2.24) is 15.3 Å². The third kappa shape index (κ3) is 2.68. The molecular formula is C14H17N3. The Bertz CT molecular complexity index is 463. The molecule has 3 heteroatoms. The standard InChI is InChI=1S/C14H17N3/c1-10-4-12(8-16-6-10)14(15-3)13-5-11(2)7-17-9-13/h4-9,14-15H,1-3H3. The lowest BCUT2D eigenvalue weighted by Crippen LogP contribution is -2.18. The van der Waals surface area contributed by atoms with Gasteiger partial charge in [0.05, 0.1) is 6.04 Å². The second-order valence-corrected chi connectivity index (χ2v) is 4.31. The van der Waals surface area contributed by atoms with E-state index in [2.05, 4.69) is 41.3 Å². The molecule has 0 bridgehead atoms. The van der Waals surface area contributed by atoms with Crippen molar-refractivity contribution >= 4 is 0 Å².